The van der Waals surface area contributed by atoms with Crippen LogP contribution in [0.15, 0.2) is 91.0 Å². The van der Waals surface area contributed by atoms with Gasteiger partial charge in [0.1, 0.15) is 0 Å². The maximum absolute atomic E-state index is 6.54. The minimum absolute atomic E-state index is 0.747. The summed E-state index contributed by atoms with van der Waals surface area (Å²) in [5, 5.41) is 2.64. The molecule has 0 atom stereocenters. The van der Waals surface area contributed by atoms with E-state index in [0.717, 1.165) is 13.0 Å². The molecule has 0 aliphatic carbocycles. The van der Waals surface area contributed by atoms with E-state index >= 15 is 0 Å². The first kappa shape index (κ1) is 15.7. The highest BCUT2D eigenvalue weighted by atomic mass is 28.4. The van der Waals surface area contributed by atoms with Crippen molar-refractivity contribution in [1.29, 1.82) is 0 Å². The van der Waals surface area contributed by atoms with E-state index in [1.807, 2.05) is 0 Å². The molecule has 0 aliphatic heterocycles. The third-order valence-electron chi connectivity index (χ3n) is 4.27. The summed E-state index contributed by atoms with van der Waals surface area (Å²) in [6.07, 6.45) is 0.948. The zero-order valence-corrected chi connectivity index (χ0v) is 14.5. The molecule has 0 heterocycles. The average molecular weight is 318 g/mol. The predicted octanol–water partition coefficient (Wildman–Crippen LogP) is 3.64. The molecule has 0 radical (unpaired) electrons. The van der Waals surface area contributed by atoms with Gasteiger partial charge in [-0.25, -0.2) is 0 Å². The normalized spacial score (nSPS) is 11.3. The summed E-state index contributed by atoms with van der Waals surface area (Å²) in [5.41, 5.74) is 1.32. The van der Waals surface area contributed by atoms with Crippen LogP contribution in [0, 0.1) is 0 Å². The fourth-order valence-electron chi connectivity index (χ4n) is 2.86. The molecule has 23 heavy (non-hydrogen) atoms. The van der Waals surface area contributed by atoms with Crippen molar-refractivity contribution >= 4 is 18.7 Å². The van der Waals surface area contributed by atoms with Gasteiger partial charge in [-0.2, -0.15) is 0 Å². The Kier molecular flexibility index (Phi) is 5.06. The molecule has 0 saturated carbocycles. The van der Waals surface area contributed by atoms with Crippen LogP contribution < -0.4 is 10.4 Å². The van der Waals surface area contributed by atoms with Gasteiger partial charge < -0.3 is 4.43 Å². The Balaban J connectivity index is 1.82. The highest BCUT2D eigenvalue weighted by Gasteiger charge is 2.33. The highest BCUT2D eigenvalue weighted by Crippen LogP contribution is 2.09. The second-order valence-corrected chi connectivity index (χ2v) is 9.36. The average Bonchev–Trinajstić information content (AvgIpc) is 2.64. The molecule has 116 valence electrons. The smallest absolute Gasteiger partial charge is 0.252 e. The molecule has 0 fully saturated rings. The number of hydrogen-bond acceptors (Lipinski definition) is 1. The van der Waals surface area contributed by atoms with Crippen LogP contribution in [0.1, 0.15) is 5.56 Å². The van der Waals surface area contributed by atoms with Crippen LogP contribution in [-0.4, -0.2) is 14.9 Å². The van der Waals surface area contributed by atoms with E-state index in [9.17, 15) is 0 Å². The molecule has 3 rings (SSSR count). The Morgan fingerprint density at radius 1 is 0.652 bits per heavy atom. The topological polar surface area (TPSA) is 9.23 Å². The summed E-state index contributed by atoms with van der Waals surface area (Å²) in [6, 6.07) is 31.9. The van der Waals surface area contributed by atoms with Crippen LogP contribution in [0.25, 0.3) is 0 Å². The van der Waals surface area contributed by atoms with Gasteiger partial charge in [-0.3, -0.25) is 0 Å². The second kappa shape index (κ2) is 7.40. The zero-order chi connectivity index (χ0) is 16.0. The van der Waals surface area contributed by atoms with Crippen molar-refractivity contribution in [2.75, 3.05) is 6.61 Å². The van der Waals surface area contributed by atoms with Crippen LogP contribution in [0.5, 0.6) is 0 Å². The lowest BCUT2D eigenvalue weighted by atomic mass is 10.2. The van der Waals surface area contributed by atoms with Crippen LogP contribution in [-0.2, 0) is 10.8 Å². The lowest BCUT2D eigenvalue weighted by molar-refractivity contribution is 0.324. The molecule has 0 bridgehead atoms. The number of rotatable bonds is 6. The van der Waals surface area contributed by atoms with Crippen molar-refractivity contribution in [3.63, 3.8) is 0 Å². The molecular weight excluding hydrogens is 296 g/mol. The van der Waals surface area contributed by atoms with E-state index in [1.54, 1.807) is 0 Å². The first-order valence-electron chi connectivity index (χ1n) is 8.08. The fourth-order valence-corrected chi connectivity index (χ4v) is 5.70. The molecular formula is C21H22OSi. The number of hydrogen-bond donors (Lipinski definition) is 0. The van der Waals surface area contributed by atoms with Crippen molar-refractivity contribution in [2.24, 2.45) is 0 Å². The summed E-state index contributed by atoms with van der Waals surface area (Å²) >= 11 is 0. The van der Waals surface area contributed by atoms with E-state index in [1.165, 1.54) is 15.9 Å². The molecule has 0 amide bonds. The van der Waals surface area contributed by atoms with Crippen molar-refractivity contribution in [2.45, 2.75) is 13.0 Å². The molecule has 0 unspecified atom stereocenters. The lowest BCUT2D eigenvalue weighted by Crippen LogP contribution is -2.58. The van der Waals surface area contributed by atoms with E-state index < -0.39 is 8.32 Å². The predicted molar refractivity (Wildman–Crippen MR) is 99.9 cm³/mol. The monoisotopic (exact) mass is 318 g/mol. The summed E-state index contributed by atoms with van der Waals surface area (Å²) in [7, 11) is -2.16. The number of benzene rings is 3. The molecule has 0 saturated heterocycles. The molecule has 0 spiro atoms. The van der Waals surface area contributed by atoms with Crippen molar-refractivity contribution in [3.8, 4) is 0 Å². The zero-order valence-electron chi connectivity index (χ0n) is 13.5. The largest absolute Gasteiger partial charge is 0.408 e. The quantitative estimate of drug-likeness (QED) is 0.631. The summed E-state index contributed by atoms with van der Waals surface area (Å²) in [5.74, 6) is 0. The third kappa shape index (κ3) is 3.78. The standard InChI is InChI=1S/C21H22OSi/c1-23(20-13-7-3-8-14-20,21-15-9-4-10-16-21)22-18-17-19-11-5-2-6-12-19/h2-16H,17-18H2,1H3. The van der Waals surface area contributed by atoms with E-state index in [4.69, 9.17) is 4.43 Å². The molecule has 3 aromatic rings. The SMILES string of the molecule is C[Si](OCCc1ccccc1)(c1ccccc1)c1ccccc1. The summed E-state index contributed by atoms with van der Waals surface area (Å²) < 4.78 is 6.54. The van der Waals surface area contributed by atoms with Gasteiger partial charge >= 0.3 is 0 Å². The van der Waals surface area contributed by atoms with Crippen molar-refractivity contribution in [1.82, 2.24) is 0 Å². The van der Waals surface area contributed by atoms with Crippen molar-refractivity contribution < 1.29 is 4.43 Å². The Hall–Kier alpha value is -2.16. The van der Waals surface area contributed by atoms with Crippen LogP contribution in [0.3, 0.4) is 0 Å². The van der Waals surface area contributed by atoms with Gasteiger partial charge in [-0.15, -0.1) is 0 Å². The Labute approximate surface area is 139 Å². The maximum Gasteiger partial charge on any atom is 0.252 e. The van der Waals surface area contributed by atoms with Gasteiger partial charge in [0.2, 0.25) is 0 Å². The van der Waals surface area contributed by atoms with E-state index in [2.05, 4.69) is 97.5 Å². The van der Waals surface area contributed by atoms with Gasteiger partial charge in [0, 0.05) is 6.61 Å². The minimum Gasteiger partial charge on any atom is -0.408 e. The van der Waals surface area contributed by atoms with Gasteiger partial charge in [0.25, 0.3) is 8.32 Å². The fraction of sp³-hybridized carbons (Fsp3) is 0.143. The van der Waals surface area contributed by atoms with Gasteiger partial charge in [-0.05, 0) is 28.9 Å². The summed E-state index contributed by atoms with van der Waals surface area (Å²) in [6.45, 7) is 3.04. The van der Waals surface area contributed by atoms with Gasteiger partial charge in [0.05, 0.1) is 0 Å². The third-order valence-corrected chi connectivity index (χ3v) is 7.93. The van der Waals surface area contributed by atoms with E-state index in [0.29, 0.717) is 0 Å². The molecule has 2 heteroatoms. The molecule has 0 aliphatic rings. The lowest BCUT2D eigenvalue weighted by Gasteiger charge is -2.28. The van der Waals surface area contributed by atoms with E-state index in [-0.39, 0.29) is 0 Å². The van der Waals surface area contributed by atoms with Crippen LogP contribution >= 0.6 is 0 Å². The molecule has 0 N–H and O–H groups in total. The molecule has 3 aromatic carbocycles. The highest BCUT2D eigenvalue weighted by molar-refractivity contribution is 6.96. The first-order chi connectivity index (χ1) is 11.3. The van der Waals surface area contributed by atoms with Gasteiger partial charge in [-0.1, -0.05) is 91.0 Å². The van der Waals surface area contributed by atoms with Crippen molar-refractivity contribution in [3.05, 3.63) is 96.6 Å². The second-order valence-electron chi connectivity index (χ2n) is 5.85. The Morgan fingerprint density at radius 3 is 1.57 bits per heavy atom. The van der Waals surface area contributed by atoms with Crippen LogP contribution in [0.4, 0.5) is 0 Å². The minimum atomic E-state index is -2.16. The Morgan fingerprint density at radius 2 is 1.09 bits per heavy atom. The summed E-state index contributed by atoms with van der Waals surface area (Å²) in [4.78, 5) is 0. The Bertz CT molecular complexity index is 671. The van der Waals surface area contributed by atoms with Gasteiger partial charge in [0.15, 0.2) is 0 Å². The van der Waals surface area contributed by atoms with Crippen LogP contribution in [0.2, 0.25) is 6.55 Å². The first-order valence-corrected chi connectivity index (χ1v) is 10.5. The maximum atomic E-state index is 6.54. The molecule has 1 nitrogen and oxygen atoms in total. The molecule has 0 aromatic heterocycles.